The molecule has 0 unspecified atom stereocenters. The topological polar surface area (TPSA) is 73.9 Å². The Morgan fingerprint density at radius 1 is 1.33 bits per heavy atom. The third-order valence-electron chi connectivity index (χ3n) is 3.73. The normalized spacial score (nSPS) is 12.2. The van der Waals surface area contributed by atoms with Gasteiger partial charge in [-0.15, -0.1) is 0 Å². The summed E-state index contributed by atoms with van der Waals surface area (Å²) in [5, 5.41) is 22.5. The lowest BCUT2D eigenvalue weighted by molar-refractivity contribution is 0.0813. The summed E-state index contributed by atoms with van der Waals surface area (Å²) in [4.78, 5) is 4.69. The van der Waals surface area contributed by atoms with E-state index in [0.29, 0.717) is 23.6 Å². The number of rotatable bonds is 4. The number of imidazole rings is 1. The molecule has 0 aliphatic heterocycles. The Morgan fingerprint density at radius 3 is 2.46 bits per heavy atom. The molecule has 0 saturated carbocycles. The fraction of sp³-hybridized carbons (Fsp3) is 0.474. The van der Waals surface area contributed by atoms with E-state index in [9.17, 15) is 10.4 Å². The Hall–Kier alpha value is -2.32. The lowest BCUT2D eigenvalue weighted by Gasteiger charge is -2.26. The van der Waals surface area contributed by atoms with Crippen LogP contribution in [-0.2, 0) is 5.54 Å². The molecule has 5 heteroatoms. The highest BCUT2D eigenvalue weighted by Gasteiger charge is 2.23. The third-order valence-corrected chi connectivity index (χ3v) is 3.73. The predicted molar refractivity (Wildman–Crippen MR) is 97.9 cm³/mol. The van der Waals surface area contributed by atoms with E-state index < -0.39 is 5.60 Å². The molecule has 0 saturated heterocycles. The standard InChI is InChI=1S/C19H26N4O/c1-12-8-15-16(9-14(12)11-20)23(18(3,4)5)17(22-15)21-13(2)10-19(6,7)24/h8-9,24H,2,10H2,1,3-7H3,(H,21,22). The lowest BCUT2D eigenvalue weighted by atomic mass is 10.0. The van der Waals surface area contributed by atoms with Crippen molar-refractivity contribution < 1.29 is 5.11 Å². The number of anilines is 1. The van der Waals surface area contributed by atoms with Crippen LogP contribution in [0.2, 0.25) is 0 Å². The van der Waals surface area contributed by atoms with Gasteiger partial charge in [0.15, 0.2) is 0 Å². The summed E-state index contributed by atoms with van der Waals surface area (Å²) >= 11 is 0. The van der Waals surface area contributed by atoms with E-state index in [4.69, 9.17) is 0 Å². The first-order valence-corrected chi connectivity index (χ1v) is 8.03. The molecule has 2 N–H and O–H groups in total. The zero-order chi connectivity index (χ0) is 18.3. The van der Waals surface area contributed by atoms with Crippen LogP contribution in [0.3, 0.4) is 0 Å². The fourth-order valence-corrected chi connectivity index (χ4v) is 2.84. The Balaban J connectivity index is 2.58. The molecule has 2 rings (SSSR count). The molecule has 5 nitrogen and oxygen atoms in total. The molecule has 2 aromatic rings. The Labute approximate surface area is 143 Å². The molecule has 0 fully saturated rings. The molecule has 128 valence electrons. The monoisotopic (exact) mass is 326 g/mol. The van der Waals surface area contributed by atoms with E-state index in [-0.39, 0.29) is 5.54 Å². The maximum atomic E-state index is 9.98. The molecular weight excluding hydrogens is 300 g/mol. The van der Waals surface area contributed by atoms with Crippen LogP contribution in [0.25, 0.3) is 11.0 Å². The number of fused-ring (bicyclic) bond motifs is 1. The van der Waals surface area contributed by atoms with E-state index in [1.54, 1.807) is 13.8 Å². The number of aryl methyl sites for hydroxylation is 1. The fourth-order valence-electron chi connectivity index (χ4n) is 2.84. The van der Waals surface area contributed by atoms with Gasteiger partial charge in [-0.25, -0.2) is 4.98 Å². The Bertz CT molecular complexity index is 826. The number of nitriles is 1. The van der Waals surface area contributed by atoms with Gasteiger partial charge in [-0.1, -0.05) is 6.58 Å². The highest BCUT2D eigenvalue weighted by Crippen LogP contribution is 2.31. The van der Waals surface area contributed by atoms with Crippen LogP contribution in [0.4, 0.5) is 5.95 Å². The van der Waals surface area contributed by atoms with Crippen molar-refractivity contribution in [3.63, 3.8) is 0 Å². The van der Waals surface area contributed by atoms with Gasteiger partial charge in [-0.05, 0) is 59.2 Å². The number of hydrogen-bond donors (Lipinski definition) is 2. The maximum absolute atomic E-state index is 9.98. The number of benzene rings is 1. The van der Waals surface area contributed by atoms with E-state index in [1.807, 2.05) is 19.1 Å². The number of aromatic nitrogens is 2. The molecule has 0 aliphatic rings. The second-order valence-electron chi connectivity index (χ2n) is 7.93. The van der Waals surface area contributed by atoms with Gasteiger partial charge in [-0.3, -0.25) is 0 Å². The zero-order valence-electron chi connectivity index (χ0n) is 15.4. The summed E-state index contributed by atoms with van der Waals surface area (Å²) in [5.74, 6) is 0.668. The van der Waals surface area contributed by atoms with Crippen molar-refractivity contribution in [1.82, 2.24) is 9.55 Å². The van der Waals surface area contributed by atoms with Crippen LogP contribution in [0, 0.1) is 18.3 Å². The van der Waals surface area contributed by atoms with Crippen LogP contribution >= 0.6 is 0 Å². The number of nitrogens with one attached hydrogen (secondary N) is 1. The summed E-state index contributed by atoms with van der Waals surface area (Å²) in [6, 6.07) is 6.05. The minimum atomic E-state index is -0.840. The number of aliphatic hydroxyl groups is 1. The highest BCUT2D eigenvalue weighted by atomic mass is 16.3. The van der Waals surface area contributed by atoms with Gasteiger partial charge in [0.25, 0.3) is 0 Å². The molecule has 0 spiro atoms. The van der Waals surface area contributed by atoms with Gasteiger partial charge >= 0.3 is 0 Å². The average molecular weight is 326 g/mol. The summed E-state index contributed by atoms with van der Waals surface area (Å²) in [7, 11) is 0. The largest absolute Gasteiger partial charge is 0.390 e. The van der Waals surface area contributed by atoms with Crippen LogP contribution < -0.4 is 5.32 Å². The van der Waals surface area contributed by atoms with E-state index in [2.05, 4.69) is 48.3 Å². The van der Waals surface area contributed by atoms with Gasteiger partial charge < -0.3 is 15.0 Å². The van der Waals surface area contributed by atoms with E-state index in [1.165, 1.54) is 0 Å². The molecule has 0 atom stereocenters. The second kappa shape index (κ2) is 5.95. The first-order chi connectivity index (χ1) is 10.9. The Kier molecular flexibility index (Phi) is 4.47. The lowest BCUT2D eigenvalue weighted by Crippen LogP contribution is -2.25. The molecule has 1 heterocycles. The average Bonchev–Trinajstić information content (AvgIpc) is 2.71. The molecular formula is C19H26N4O. The molecule has 0 radical (unpaired) electrons. The summed E-state index contributed by atoms with van der Waals surface area (Å²) in [6.45, 7) is 15.7. The van der Waals surface area contributed by atoms with Crippen molar-refractivity contribution in [1.29, 1.82) is 5.26 Å². The quantitative estimate of drug-likeness (QED) is 0.888. The van der Waals surface area contributed by atoms with Crippen LogP contribution in [0.1, 0.15) is 52.2 Å². The first-order valence-electron chi connectivity index (χ1n) is 8.03. The minimum absolute atomic E-state index is 0.228. The highest BCUT2D eigenvalue weighted by molar-refractivity contribution is 5.82. The number of nitrogens with zero attached hydrogens (tertiary/aromatic N) is 3. The van der Waals surface area contributed by atoms with Crippen LogP contribution in [-0.4, -0.2) is 20.3 Å². The van der Waals surface area contributed by atoms with E-state index in [0.717, 1.165) is 16.6 Å². The molecule has 24 heavy (non-hydrogen) atoms. The van der Waals surface area contributed by atoms with Crippen LogP contribution in [0.15, 0.2) is 24.4 Å². The van der Waals surface area contributed by atoms with Gasteiger partial charge in [0.2, 0.25) is 5.95 Å². The van der Waals surface area contributed by atoms with Gasteiger partial charge in [0.1, 0.15) is 0 Å². The summed E-state index contributed by atoms with van der Waals surface area (Å²) < 4.78 is 2.07. The summed E-state index contributed by atoms with van der Waals surface area (Å²) in [6.07, 6.45) is 0.419. The van der Waals surface area contributed by atoms with Crippen molar-refractivity contribution in [3.8, 4) is 6.07 Å². The van der Waals surface area contributed by atoms with Crippen molar-refractivity contribution in [2.45, 2.75) is 59.1 Å². The van der Waals surface area contributed by atoms with Crippen molar-refractivity contribution >= 4 is 17.0 Å². The predicted octanol–water partition coefficient (Wildman–Crippen LogP) is 4.06. The smallest absolute Gasteiger partial charge is 0.208 e. The zero-order valence-corrected chi connectivity index (χ0v) is 15.4. The van der Waals surface area contributed by atoms with Gasteiger partial charge in [0, 0.05) is 17.7 Å². The summed E-state index contributed by atoms with van der Waals surface area (Å²) in [5.41, 5.74) is 2.92. The van der Waals surface area contributed by atoms with Crippen LogP contribution in [0.5, 0.6) is 0 Å². The van der Waals surface area contributed by atoms with Crippen molar-refractivity contribution in [2.24, 2.45) is 0 Å². The van der Waals surface area contributed by atoms with Gasteiger partial charge in [0.05, 0.1) is 28.3 Å². The Morgan fingerprint density at radius 2 is 1.96 bits per heavy atom. The minimum Gasteiger partial charge on any atom is -0.390 e. The maximum Gasteiger partial charge on any atom is 0.208 e. The first kappa shape index (κ1) is 18.0. The SMILES string of the molecule is C=C(CC(C)(C)O)Nc1nc2cc(C)c(C#N)cc2n1C(C)(C)C. The van der Waals surface area contributed by atoms with Crippen molar-refractivity contribution in [2.75, 3.05) is 5.32 Å². The molecule has 0 aliphatic carbocycles. The van der Waals surface area contributed by atoms with Gasteiger partial charge in [-0.2, -0.15) is 5.26 Å². The van der Waals surface area contributed by atoms with E-state index >= 15 is 0 Å². The molecule has 0 amide bonds. The molecule has 0 bridgehead atoms. The second-order valence-corrected chi connectivity index (χ2v) is 7.93. The molecule has 1 aromatic carbocycles. The third kappa shape index (κ3) is 3.77. The molecule has 1 aromatic heterocycles. The van der Waals surface area contributed by atoms with Crippen molar-refractivity contribution in [3.05, 3.63) is 35.5 Å². The number of hydrogen-bond acceptors (Lipinski definition) is 4.